The fourth-order valence-electron chi connectivity index (χ4n) is 2.29. The van der Waals surface area contributed by atoms with E-state index in [0.29, 0.717) is 0 Å². The van der Waals surface area contributed by atoms with E-state index in [1.54, 1.807) is 11.3 Å². The van der Waals surface area contributed by atoms with E-state index in [0.717, 1.165) is 36.6 Å². The summed E-state index contributed by atoms with van der Waals surface area (Å²) >= 11 is 1.71. The molecule has 1 aromatic rings. The Morgan fingerprint density at radius 3 is 2.69 bits per heavy atom. The van der Waals surface area contributed by atoms with Gasteiger partial charge in [0.15, 0.2) is 0 Å². The highest BCUT2D eigenvalue weighted by Gasteiger charge is 2.34. The van der Waals surface area contributed by atoms with Gasteiger partial charge in [-0.25, -0.2) is 4.98 Å². The first-order valence-corrected chi connectivity index (χ1v) is 6.96. The van der Waals surface area contributed by atoms with E-state index in [-0.39, 0.29) is 5.54 Å². The van der Waals surface area contributed by atoms with Crippen LogP contribution in [0.1, 0.15) is 36.9 Å². The van der Waals surface area contributed by atoms with Crippen LogP contribution in [0.2, 0.25) is 0 Å². The van der Waals surface area contributed by atoms with Crippen LogP contribution in [0, 0.1) is 6.92 Å². The zero-order chi connectivity index (χ0) is 11.6. The first kappa shape index (κ1) is 12.0. The van der Waals surface area contributed by atoms with Gasteiger partial charge in [-0.3, -0.25) is 0 Å². The Bertz CT molecular complexity index is 340. The highest BCUT2D eigenvalue weighted by Crippen LogP contribution is 2.32. The molecule has 0 saturated carbocycles. The van der Waals surface area contributed by atoms with Crippen molar-refractivity contribution in [1.82, 2.24) is 9.88 Å². The average Bonchev–Trinajstić information content (AvgIpc) is 2.70. The molecule has 1 saturated heterocycles. The van der Waals surface area contributed by atoms with E-state index in [2.05, 4.69) is 22.2 Å². The molecule has 0 amide bonds. The maximum Gasteiger partial charge on any atom is 0.113 e. The summed E-state index contributed by atoms with van der Waals surface area (Å²) in [5, 5.41) is 3.23. The van der Waals surface area contributed by atoms with Crippen molar-refractivity contribution in [2.75, 3.05) is 19.6 Å². The number of aryl methyl sites for hydroxylation is 1. The normalized spacial score (nSPS) is 21.2. The monoisotopic (exact) mass is 239 g/mol. The van der Waals surface area contributed by atoms with Gasteiger partial charge in [0.2, 0.25) is 0 Å². The van der Waals surface area contributed by atoms with Crippen molar-refractivity contribution in [3.05, 3.63) is 16.1 Å². The van der Waals surface area contributed by atoms with Gasteiger partial charge in [0, 0.05) is 24.2 Å². The number of nitrogens with two attached hydrogens (primary N) is 1. The van der Waals surface area contributed by atoms with Crippen LogP contribution < -0.4 is 5.73 Å². The third-order valence-corrected chi connectivity index (χ3v) is 4.51. The second-order valence-corrected chi connectivity index (χ2v) is 5.65. The van der Waals surface area contributed by atoms with Crippen molar-refractivity contribution in [2.24, 2.45) is 5.73 Å². The lowest BCUT2D eigenvalue weighted by Gasteiger charge is -2.37. The van der Waals surface area contributed by atoms with Crippen molar-refractivity contribution >= 4 is 11.3 Å². The van der Waals surface area contributed by atoms with Crippen LogP contribution in [0.3, 0.4) is 0 Å². The summed E-state index contributed by atoms with van der Waals surface area (Å²) in [7, 11) is 0. The van der Waals surface area contributed by atoms with Crippen LogP contribution in [0.4, 0.5) is 0 Å². The fraction of sp³-hybridized carbons (Fsp3) is 0.750. The van der Waals surface area contributed by atoms with Gasteiger partial charge in [0.1, 0.15) is 5.01 Å². The van der Waals surface area contributed by atoms with E-state index in [1.165, 1.54) is 13.0 Å². The summed E-state index contributed by atoms with van der Waals surface area (Å²) < 4.78 is 0. The predicted octanol–water partition coefficient (Wildman–Crippen LogP) is 2.11. The first-order valence-electron chi connectivity index (χ1n) is 6.08. The highest BCUT2D eigenvalue weighted by molar-refractivity contribution is 7.09. The molecule has 1 aliphatic rings. The summed E-state index contributed by atoms with van der Waals surface area (Å²) in [4.78, 5) is 7.06. The largest absolute Gasteiger partial charge is 0.319 e. The van der Waals surface area contributed by atoms with Crippen LogP contribution in [-0.4, -0.2) is 29.5 Å². The van der Waals surface area contributed by atoms with E-state index < -0.39 is 0 Å². The molecule has 0 aromatic carbocycles. The molecule has 16 heavy (non-hydrogen) atoms. The first-order chi connectivity index (χ1) is 7.64. The molecule has 2 rings (SSSR count). The van der Waals surface area contributed by atoms with Crippen LogP contribution in [-0.2, 0) is 5.54 Å². The van der Waals surface area contributed by atoms with E-state index in [4.69, 9.17) is 5.73 Å². The molecule has 0 spiro atoms. The smallest absolute Gasteiger partial charge is 0.113 e. The minimum absolute atomic E-state index is 0.164. The molecule has 1 aliphatic heterocycles. The topological polar surface area (TPSA) is 42.1 Å². The Morgan fingerprint density at radius 1 is 1.50 bits per heavy atom. The molecule has 3 nitrogen and oxygen atoms in total. The summed E-state index contributed by atoms with van der Waals surface area (Å²) in [5.74, 6) is 0. The number of hydrogen-bond acceptors (Lipinski definition) is 4. The average molecular weight is 239 g/mol. The zero-order valence-electron chi connectivity index (χ0n) is 10.2. The predicted molar refractivity (Wildman–Crippen MR) is 68.7 cm³/mol. The number of thiazole rings is 1. The Labute approximate surface area is 102 Å². The van der Waals surface area contributed by atoms with Crippen molar-refractivity contribution in [2.45, 2.75) is 38.6 Å². The van der Waals surface area contributed by atoms with Crippen LogP contribution in [0.25, 0.3) is 0 Å². The summed E-state index contributed by atoms with van der Waals surface area (Å²) in [6.07, 6.45) is 3.31. The lowest BCUT2D eigenvalue weighted by atomic mass is 9.89. The number of nitrogens with zero attached hydrogens (tertiary/aromatic N) is 2. The number of hydrogen-bond donors (Lipinski definition) is 1. The number of piperidine rings is 1. The van der Waals surface area contributed by atoms with Gasteiger partial charge in [-0.15, -0.1) is 11.3 Å². The lowest BCUT2D eigenvalue weighted by Crippen LogP contribution is -2.48. The fourth-order valence-corrected chi connectivity index (χ4v) is 3.26. The van der Waals surface area contributed by atoms with Gasteiger partial charge in [-0.2, -0.15) is 0 Å². The van der Waals surface area contributed by atoms with Crippen LogP contribution in [0.5, 0.6) is 0 Å². The minimum Gasteiger partial charge on any atom is -0.319 e. The van der Waals surface area contributed by atoms with Gasteiger partial charge >= 0.3 is 0 Å². The minimum atomic E-state index is -0.164. The Kier molecular flexibility index (Phi) is 3.62. The van der Waals surface area contributed by atoms with E-state index >= 15 is 0 Å². The maximum atomic E-state index is 6.47. The van der Waals surface area contributed by atoms with Gasteiger partial charge in [0.25, 0.3) is 0 Å². The third-order valence-electron chi connectivity index (χ3n) is 3.33. The molecule has 0 bridgehead atoms. The Hall–Kier alpha value is -0.450. The summed E-state index contributed by atoms with van der Waals surface area (Å²) in [5.41, 5.74) is 7.41. The molecule has 1 aromatic heterocycles. The number of likely N-dealkylation sites (tertiary alicyclic amines) is 1. The molecule has 2 heterocycles. The highest BCUT2D eigenvalue weighted by atomic mass is 32.1. The van der Waals surface area contributed by atoms with Gasteiger partial charge in [-0.05, 0) is 32.7 Å². The van der Waals surface area contributed by atoms with Crippen molar-refractivity contribution in [3.8, 4) is 0 Å². The van der Waals surface area contributed by atoms with E-state index in [1.807, 2.05) is 6.92 Å². The SMILES string of the molecule is CCCN1CCC(N)(c2nc(C)cs2)CC1. The second-order valence-electron chi connectivity index (χ2n) is 4.79. The molecular weight excluding hydrogens is 218 g/mol. The second kappa shape index (κ2) is 4.82. The molecule has 0 radical (unpaired) electrons. The third kappa shape index (κ3) is 2.44. The quantitative estimate of drug-likeness (QED) is 0.878. The molecule has 2 N–H and O–H groups in total. The molecule has 4 heteroatoms. The van der Waals surface area contributed by atoms with Gasteiger partial charge in [0.05, 0.1) is 5.54 Å². The molecule has 90 valence electrons. The van der Waals surface area contributed by atoms with Crippen molar-refractivity contribution < 1.29 is 0 Å². The van der Waals surface area contributed by atoms with Crippen LogP contribution in [0.15, 0.2) is 5.38 Å². The molecule has 0 aliphatic carbocycles. The molecule has 1 fully saturated rings. The number of rotatable bonds is 3. The molecular formula is C12H21N3S. The van der Waals surface area contributed by atoms with Crippen molar-refractivity contribution in [3.63, 3.8) is 0 Å². The zero-order valence-corrected chi connectivity index (χ0v) is 11.0. The van der Waals surface area contributed by atoms with Gasteiger partial charge in [-0.1, -0.05) is 6.92 Å². The maximum absolute atomic E-state index is 6.47. The summed E-state index contributed by atoms with van der Waals surface area (Å²) in [6, 6.07) is 0. The molecule has 0 unspecified atom stereocenters. The standard InChI is InChI=1S/C12H21N3S/c1-3-6-15-7-4-12(13,5-8-15)11-14-10(2)9-16-11/h9H,3-8,13H2,1-2H3. The molecule has 0 atom stereocenters. The van der Waals surface area contributed by atoms with Crippen molar-refractivity contribution in [1.29, 1.82) is 0 Å². The van der Waals surface area contributed by atoms with Gasteiger partial charge < -0.3 is 10.6 Å². The van der Waals surface area contributed by atoms with Crippen LogP contribution >= 0.6 is 11.3 Å². The van der Waals surface area contributed by atoms with E-state index in [9.17, 15) is 0 Å². The Morgan fingerprint density at radius 2 is 2.19 bits per heavy atom. The Balaban J connectivity index is 2.01. The lowest BCUT2D eigenvalue weighted by molar-refractivity contribution is 0.162. The number of aromatic nitrogens is 1. The summed E-state index contributed by atoms with van der Waals surface area (Å²) in [6.45, 7) is 7.70.